The van der Waals surface area contributed by atoms with E-state index in [2.05, 4.69) is 17.6 Å². The molecule has 4 bridgehead atoms. The standard InChI is InChI=1S/C20H33N3O2/c1-2-5-21-19(25)23-6-3-17(4-7-23)22-18(24)20-11-14-8-15(12-20)10-16(9-14)13-20/h14-17H,2-13H2,1H3,(H,21,25)(H,22,24). The zero-order valence-corrected chi connectivity index (χ0v) is 15.6. The van der Waals surface area contributed by atoms with Gasteiger partial charge in [0.25, 0.3) is 0 Å². The van der Waals surface area contributed by atoms with Gasteiger partial charge in [-0.1, -0.05) is 6.92 Å². The third kappa shape index (κ3) is 3.39. The first-order valence-corrected chi connectivity index (χ1v) is 10.4. The van der Waals surface area contributed by atoms with Crippen LogP contribution < -0.4 is 10.6 Å². The summed E-state index contributed by atoms with van der Waals surface area (Å²) in [6.07, 6.45) is 10.2. The van der Waals surface area contributed by atoms with Gasteiger partial charge >= 0.3 is 6.03 Å². The zero-order chi connectivity index (χ0) is 17.4. The minimum Gasteiger partial charge on any atom is -0.353 e. The molecule has 5 heteroatoms. The highest BCUT2D eigenvalue weighted by Crippen LogP contribution is 2.60. The topological polar surface area (TPSA) is 61.4 Å². The smallest absolute Gasteiger partial charge is 0.317 e. The molecule has 0 aromatic rings. The monoisotopic (exact) mass is 347 g/mol. The van der Waals surface area contributed by atoms with E-state index in [0.717, 1.165) is 75.9 Å². The van der Waals surface area contributed by atoms with Gasteiger partial charge in [0, 0.05) is 31.1 Å². The van der Waals surface area contributed by atoms with Crippen molar-refractivity contribution in [2.45, 2.75) is 70.8 Å². The van der Waals surface area contributed by atoms with Crippen LogP contribution in [-0.2, 0) is 4.79 Å². The van der Waals surface area contributed by atoms with E-state index in [1.54, 1.807) is 0 Å². The maximum atomic E-state index is 13.1. The average Bonchev–Trinajstić information content (AvgIpc) is 2.59. The van der Waals surface area contributed by atoms with Crippen LogP contribution in [0.2, 0.25) is 0 Å². The maximum absolute atomic E-state index is 13.1. The van der Waals surface area contributed by atoms with Gasteiger partial charge in [-0.25, -0.2) is 4.79 Å². The van der Waals surface area contributed by atoms with Crippen molar-refractivity contribution in [2.75, 3.05) is 19.6 Å². The van der Waals surface area contributed by atoms with Crippen LogP contribution in [0.1, 0.15) is 64.7 Å². The second-order valence-corrected chi connectivity index (χ2v) is 9.16. The van der Waals surface area contributed by atoms with Gasteiger partial charge in [-0.3, -0.25) is 4.79 Å². The summed E-state index contributed by atoms with van der Waals surface area (Å²) < 4.78 is 0. The SMILES string of the molecule is CCCNC(=O)N1CCC(NC(=O)C23CC4CC(CC(C4)C2)C3)CC1. The van der Waals surface area contributed by atoms with Crippen molar-refractivity contribution in [3.63, 3.8) is 0 Å². The summed E-state index contributed by atoms with van der Waals surface area (Å²) in [6.45, 7) is 4.30. The first-order valence-electron chi connectivity index (χ1n) is 10.4. The van der Waals surface area contributed by atoms with Crippen LogP contribution >= 0.6 is 0 Å². The fourth-order valence-electron chi connectivity index (χ4n) is 6.30. The molecule has 1 saturated heterocycles. The number of nitrogens with zero attached hydrogens (tertiary/aromatic N) is 1. The lowest BCUT2D eigenvalue weighted by molar-refractivity contribution is -0.147. The number of likely N-dealkylation sites (tertiary alicyclic amines) is 1. The average molecular weight is 348 g/mol. The summed E-state index contributed by atoms with van der Waals surface area (Å²) in [5.41, 5.74) is -0.0512. The van der Waals surface area contributed by atoms with E-state index in [1.807, 2.05) is 4.90 Å². The van der Waals surface area contributed by atoms with Crippen LogP contribution in [0.4, 0.5) is 4.79 Å². The number of urea groups is 1. The molecule has 140 valence electrons. The minimum atomic E-state index is -0.0512. The molecule has 25 heavy (non-hydrogen) atoms. The largest absolute Gasteiger partial charge is 0.353 e. The lowest BCUT2D eigenvalue weighted by Crippen LogP contribution is -2.56. The van der Waals surface area contributed by atoms with E-state index in [4.69, 9.17) is 0 Å². The number of hydrogen-bond donors (Lipinski definition) is 2. The van der Waals surface area contributed by atoms with Gasteiger partial charge in [0.05, 0.1) is 0 Å². The van der Waals surface area contributed by atoms with E-state index >= 15 is 0 Å². The highest BCUT2D eigenvalue weighted by atomic mass is 16.2. The van der Waals surface area contributed by atoms with Gasteiger partial charge in [-0.15, -0.1) is 0 Å². The number of carbonyl (C=O) groups is 2. The van der Waals surface area contributed by atoms with Crippen molar-refractivity contribution in [2.24, 2.45) is 23.2 Å². The second kappa shape index (κ2) is 6.81. The summed E-state index contributed by atoms with van der Waals surface area (Å²) in [7, 11) is 0. The number of amides is 3. The molecule has 5 rings (SSSR count). The van der Waals surface area contributed by atoms with Crippen LogP contribution in [0.25, 0.3) is 0 Å². The summed E-state index contributed by atoms with van der Waals surface area (Å²) in [6, 6.07) is 0.295. The molecule has 0 radical (unpaired) electrons. The second-order valence-electron chi connectivity index (χ2n) is 9.16. The Balaban J connectivity index is 1.29. The molecular formula is C20H33N3O2. The van der Waals surface area contributed by atoms with Crippen LogP contribution in [0, 0.1) is 23.2 Å². The van der Waals surface area contributed by atoms with Crippen molar-refractivity contribution in [1.82, 2.24) is 15.5 Å². The molecule has 4 saturated carbocycles. The van der Waals surface area contributed by atoms with Crippen LogP contribution in [0.5, 0.6) is 0 Å². The van der Waals surface area contributed by atoms with Gasteiger partial charge in [-0.2, -0.15) is 0 Å². The Morgan fingerprint density at radius 1 is 1.00 bits per heavy atom. The third-order valence-electron chi connectivity index (χ3n) is 7.16. The predicted octanol–water partition coefficient (Wildman–Crippen LogP) is 2.90. The number of piperidine rings is 1. The Morgan fingerprint density at radius 3 is 2.08 bits per heavy atom. The third-order valence-corrected chi connectivity index (χ3v) is 7.16. The zero-order valence-electron chi connectivity index (χ0n) is 15.6. The number of nitrogens with one attached hydrogen (secondary N) is 2. The van der Waals surface area contributed by atoms with Crippen molar-refractivity contribution in [3.8, 4) is 0 Å². The number of carbonyl (C=O) groups excluding carboxylic acids is 2. The molecule has 0 spiro atoms. The van der Waals surface area contributed by atoms with Gasteiger partial charge in [0.2, 0.25) is 5.91 Å². The predicted molar refractivity (Wildman–Crippen MR) is 97.0 cm³/mol. The Kier molecular flexibility index (Phi) is 4.67. The van der Waals surface area contributed by atoms with E-state index < -0.39 is 0 Å². The fourth-order valence-corrected chi connectivity index (χ4v) is 6.30. The first kappa shape index (κ1) is 17.2. The van der Waals surface area contributed by atoms with Gasteiger partial charge < -0.3 is 15.5 Å². The Bertz CT molecular complexity index is 490. The molecule has 1 aliphatic heterocycles. The normalized spacial score (nSPS) is 37.2. The molecule has 1 heterocycles. The maximum Gasteiger partial charge on any atom is 0.317 e. The van der Waals surface area contributed by atoms with Gasteiger partial charge in [0.15, 0.2) is 0 Å². The summed E-state index contributed by atoms with van der Waals surface area (Å²) in [4.78, 5) is 27.1. The highest BCUT2D eigenvalue weighted by Gasteiger charge is 2.54. The summed E-state index contributed by atoms with van der Waals surface area (Å²) >= 11 is 0. The van der Waals surface area contributed by atoms with Crippen molar-refractivity contribution in [1.29, 1.82) is 0 Å². The molecule has 0 unspecified atom stereocenters. The number of hydrogen-bond acceptors (Lipinski definition) is 2. The summed E-state index contributed by atoms with van der Waals surface area (Å²) in [5.74, 6) is 2.75. The van der Waals surface area contributed by atoms with Crippen molar-refractivity contribution >= 4 is 11.9 Å². The van der Waals surface area contributed by atoms with E-state index in [9.17, 15) is 9.59 Å². The first-order chi connectivity index (χ1) is 12.1. The molecule has 0 aromatic heterocycles. The molecule has 2 N–H and O–H groups in total. The molecule has 5 fully saturated rings. The Labute approximate surface area is 151 Å². The molecule has 5 aliphatic rings. The molecule has 4 aliphatic carbocycles. The van der Waals surface area contributed by atoms with Gasteiger partial charge in [-0.05, 0) is 75.5 Å². The lowest BCUT2D eigenvalue weighted by atomic mass is 9.49. The summed E-state index contributed by atoms with van der Waals surface area (Å²) in [5, 5.41) is 6.33. The fraction of sp³-hybridized carbons (Fsp3) is 0.900. The quantitative estimate of drug-likeness (QED) is 0.821. The van der Waals surface area contributed by atoms with Gasteiger partial charge in [0.1, 0.15) is 0 Å². The molecule has 3 amide bonds. The lowest BCUT2D eigenvalue weighted by Gasteiger charge is -2.56. The van der Waals surface area contributed by atoms with Crippen molar-refractivity contribution in [3.05, 3.63) is 0 Å². The van der Waals surface area contributed by atoms with Crippen LogP contribution in [-0.4, -0.2) is 42.5 Å². The van der Waals surface area contributed by atoms with Crippen LogP contribution in [0.15, 0.2) is 0 Å². The van der Waals surface area contributed by atoms with E-state index in [1.165, 1.54) is 19.3 Å². The highest BCUT2D eigenvalue weighted by molar-refractivity contribution is 5.83. The molecule has 0 aromatic carbocycles. The van der Waals surface area contributed by atoms with Crippen LogP contribution in [0.3, 0.4) is 0 Å². The Morgan fingerprint density at radius 2 is 1.56 bits per heavy atom. The van der Waals surface area contributed by atoms with E-state index in [-0.39, 0.29) is 17.5 Å². The molecule has 0 atom stereocenters. The molecular weight excluding hydrogens is 314 g/mol. The molecule has 5 nitrogen and oxygen atoms in total. The van der Waals surface area contributed by atoms with E-state index in [0.29, 0.717) is 5.91 Å². The minimum absolute atomic E-state index is 0.0488. The number of rotatable bonds is 4. The van der Waals surface area contributed by atoms with Crippen molar-refractivity contribution < 1.29 is 9.59 Å². The Hall–Kier alpha value is -1.26.